The van der Waals surface area contributed by atoms with Crippen molar-refractivity contribution >= 4 is 23.6 Å². The van der Waals surface area contributed by atoms with E-state index in [2.05, 4.69) is 5.32 Å². The Balaban J connectivity index is 1.87. The third-order valence-corrected chi connectivity index (χ3v) is 6.77. The Bertz CT molecular complexity index is 1140. The number of benzene rings is 3. The van der Waals surface area contributed by atoms with Gasteiger partial charge in [0.05, 0.1) is 5.75 Å². The number of thioether (sulfide) groups is 1. The predicted molar refractivity (Wildman–Crippen MR) is 146 cm³/mol. The number of carbonyl (C=O) groups excluding carboxylic acids is 2. The molecule has 1 N–H and O–H groups in total. The van der Waals surface area contributed by atoms with Gasteiger partial charge in [-0.25, -0.2) is 4.39 Å². The number of aryl methyl sites for hydroxylation is 1. The first-order valence-electron chi connectivity index (χ1n) is 12.1. The largest absolute Gasteiger partial charge is 0.350 e. The maximum Gasteiger partial charge on any atom is 0.243 e. The molecule has 3 aromatic carbocycles. The molecule has 190 valence electrons. The monoisotopic (exact) mass is 506 g/mol. The predicted octanol–water partition coefficient (Wildman–Crippen LogP) is 5.92. The van der Waals surface area contributed by atoms with Crippen molar-refractivity contribution in [3.63, 3.8) is 0 Å². The van der Waals surface area contributed by atoms with Gasteiger partial charge in [-0.3, -0.25) is 9.59 Å². The van der Waals surface area contributed by atoms with Crippen LogP contribution in [0.3, 0.4) is 0 Å². The molecule has 36 heavy (non-hydrogen) atoms. The Morgan fingerprint density at radius 2 is 1.56 bits per heavy atom. The Morgan fingerprint density at radius 1 is 0.917 bits per heavy atom. The molecule has 0 radical (unpaired) electrons. The number of hydrogen-bond acceptors (Lipinski definition) is 3. The van der Waals surface area contributed by atoms with Gasteiger partial charge < -0.3 is 10.2 Å². The molecule has 0 saturated carbocycles. The zero-order valence-corrected chi connectivity index (χ0v) is 22.3. The van der Waals surface area contributed by atoms with E-state index in [4.69, 9.17) is 0 Å². The van der Waals surface area contributed by atoms with Crippen molar-refractivity contribution in [2.75, 3.05) is 5.75 Å². The standard InChI is InChI=1S/C30H35FN2O2S/c1-22-10-8-9-13-25(22)19-33(28(34)21-36-20-24-14-16-26(31)17-15-24)27(29(35)32-30(2,3)4)18-23-11-6-5-7-12-23/h5-17,27H,18-21H2,1-4H3,(H,32,35)/t27-/m0/s1. The van der Waals surface area contributed by atoms with Crippen LogP contribution in [0, 0.1) is 12.7 Å². The van der Waals surface area contributed by atoms with Crippen LogP contribution in [0.25, 0.3) is 0 Å². The number of nitrogens with zero attached hydrogens (tertiary/aromatic N) is 1. The van der Waals surface area contributed by atoms with Gasteiger partial charge in [0.2, 0.25) is 11.8 Å². The molecule has 0 saturated heterocycles. The highest BCUT2D eigenvalue weighted by molar-refractivity contribution is 7.99. The summed E-state index contributed by atoms with van der Waals surface area (Å²) in [5.74, 6) is 0.254. The van der Waals surface area contributed by atoms with Gasteiger partial charge in [0, 0.05) is 24.3 Å². The van der Waals surface area contributed by atoms with E-state index in [0.29, 0.717) is 18.7 Å². The van der Waals surface area contributed by atoms with Crippen LogP contribution >= 0.6 is 11.8 Å². The van der Waals surface area contributed by atoms with Crippen molar-refractivity contribution in [1.82, 2.24) is 10.2 Å². The molecular formula is C30H35FN2O2S. The minimum Gasteiger partial charge on any atom is -0.350 e. The fourth-order valence-electron chi connectivity index (χ4n) is 3.90. The van der Waals surface area contributed by atoms with E-state index in [-0.39, 0.29) is 23.4 Å². The quantitative estimate of drug-likeness (QED) is 0.371. The molecule has 0 aliphatic rings. The van der Waals surface area contributed by atoms with Crippen molar-refractivity contribution in [3.8, 4) is 0 Å². The van der Waals surface area contributed by atoms with Crippen molar-refractivity contribution in [3.05, 3.63) is 107 Å². The normalized spacial score (nSPS) is 12.1. The van der Waals surface area contributed by atoms with E-state index >= 15 is 0 Å². The van der Waals surface area contributed by atoms with Crippen LogP contribution in [0.15, 0.2) is 78.9 Å². The number of carbonyl (C=O) groups is 2. The van der Waals surface area contributed by atoms with Crippen LogP contribution in [0.2, 0.25) is 0 Å². The Labute approximate surface area is 218 Å². The lowest BCUT2D eigenvalue weighted by molar-refractivity contribution is -0.140. The second-order valence-electron chi connectivity index (χ2n) is 10.0. The van der Waals surface area contributed by atoms with Gasteiger partial charge in [-0.2, -0.15) is 0 Å². The first-order valence-corrected chi connectivity index (χ1v) is 13.3. The van der Waals surface area contributed by atoms with E-state index in [9.17, 15) is 14.0 Å². The summed E-state index contributed by atoms with van der Waals surface area (Å²) in [6.45, 7) is 8.18. The van der Waals surface area contributed by atoms with E-state index in [1.54, 1.807) is 17.0 Å². The molecule has 1 atom stereocenters. The number of amides is 2. The summed E-state index contributed by atoms with van der Waals surface area (Å²) in [5.41, 5.74) is 3.60. The Morgan fingerprint density at radius 3 is 2.19 bits per heavy atom. The summed E-state index contributed by atoms with van der Waals surface area (Å²) in [6, 6.07) is 23.4. The van der Waals surface area contributed by atoms with Crippen LogP contribution < -0.4 is 5.32 Å². The van der Waals surface area contributed by atoms with E-state index in [1.807, 2.05) is 82.3 Å². The molecule has 0 fully saturated rings. The zero-order chi connectivity index (χ0) is 26.1. The number of rotatable bonds is 10. The molecule has 0 spiro atoms. The first kappa shape index (κ1) is 27.5. The fourth-order valence-corrected chi connectivity index (χ4v) is 4.77. The number of nitrogens with one attached hydrogen (secondary N) is 1. The maximum atomic E-state index is 13.7. The van der Waals surface area contributed by atoms with Crippen molar-refractivity contribution < 1.29 is 14.0 Å². The van der Waals surface area contributed by atoms with Gasteiger partial charge in [0.15, 0.2) is 0 Å². The van der Waals surface area contributed by atoms with Crippen LogP contribution in [0.1, 0.15) is 43.0 Å². The molecule has 0 aromatic heterocycles. The van der Waals surface area contributed by atoms with Crippen LogP contribution in [0.4, 0.5) is 4.39 Å². The lowest BCUT2D eigenvalue weighted by Crippen LogP contribution is -2.54. The average Bonchev–Trinajstić information content (AvgIpc) is 2.83. The highest BCUT2D eigenvalue weighted by Crippen LogP contribution is 2.20. The molecule has 0 heterocycles. The minimum absolute atomic E-state index is 0.102. The molecule has 2 amide bonds. The van der Waals surface area contributed by atoms with E-state index < -0.39 is 11.6 Å². The second-order valence-corrected chi connectivity index (χ2v) is 11.0. The topological polar surface area (TPSA) is 49.4 Å². The molecule has 0 bridgehead atoms. The summed E-state index contributed by atoms with van der Waals surface area (Å²) in [7, 11) is 0. The lowest BCUT2D eigenvalue weighted by Gasteiger charge is -2.34. The molecule has 0 aliphatic carbocycles. The summed E-state index contributed by atoms with van der Waals surface area (Å²) >= 11 is 1.47. The lowest BCUT2D eigenvalue weighted by atomic mass is 10.00. The second kappa shape index (κ2) is 12.7. The fraction of sp³-hybridized carbons (Fsp3) is 0.333. The number of hydrogen-bond donors (Lipinski definition) is 1. The number of halogens is 1. The van der Waals surface area contributed by atoms with Crippen LogP contribution in [0.5, 0.6) is 0 Å². The summed E-state index contributed by atoms with van der Waals surface area (Å²) in [5, 5.41) is 3.09. The Hall–Kier alpha value is -3.12. The van der Waals surface area contributed by atoms with Crippen molar-refractivity contribution in [2.45, 2.75) is 58.0 Å². The van der Waals surface area contributed by atoms with Gasteiger partial charge in [0.1, 0.15) is 11.9 Å². The third-order valence-electron chi connectivity index (χ3n) is 5.78. The van der Waals surface area contributed by atoms with Crippen LogP contribution in [-0.2, 0) is 28.3 Å². The Kier molecular flexibility index (Phi) is 9.71. The molecule has 4 nitrogen and oxygen atoms in total. The van der Waals surface area contributed by atoms with E-state index in [1.165, 1.54) is 23.9 Å². The SMILES string of the molecule is Cc1ccccc1CN(C(=O)CSCc1ccc(F)cc1)[C@@H](Cc1ccccc1)C(=O)NC(C)(C)C. The van der Waals surface area contributed by atoms with Gasteiger partial charge in [-0.05, 0) is 62.1 Å². The molecule has 3 aromatic rings. The average molecular weight is 507 g/mol. The van der Waals surface area contributed by atoms with Crippen molar-refractivity contribution in [2.24, 2.45) is 0 Å². The molecule has 0 unspecified atom stereocenters. The summed E-state index contributed by atoms with van der Waals surface area (Å²) in [4.78, 5) is 29.0. The molecular weight excluding hydrogens is 471 g/mol. The molecule has 3 rings (SSSR count). The molecule has 6 heteroatoms. The first-order chi connectivity index (χ1) is 17.1. The van der Waals surface area contributed by atoms with Gasteiger partial charge in [0.25, 0.3) is 0 Å². The smallest absolute Gasteiger partial charge is 0.243 e. The van der Waals surface area contributed by atoms with Gasteiger partial charge in [-0.15, -0.1) is 11.8 Å². The van der Waals surface area contributed by atoms with Crippen LogP contribution in [-0.4, -0.2) is 34.0 Å². The maximum absolute atomic E-state index is 13.7. The summed E-state index contributed by atoms with van der Waals surface area (Å²) in [6.07, 6.45) is 0.420. The highest BCUT2D eigenvalue weighted by atomic mass is 32.2. The van der Waals surface area contributed by atoms with E-state index in [0.717, 1.165) is 22.3 Å². The van der Waals surface area contributed by atoms with Gasteiger partial charge in [-0.1, -0.05) is 66.7 Å². The highest BCUT2D eigenvalue weighted by Gasteiger charge is 2.32. The third kappa shape index (κ3) is 8.52. The van der Waals surface area contributed by atoms with Gasteiger partial charge >= 0.3 is 0 Å². The minimum atomic E-state index is -0.662. The van der Waals surface area contributed by atoms with Crippen molar-refractivity contribution in [1.29, 1.82) is 0 Å². The molecule has 0 aliphatic heterocycles. The summed E-state index contributed by atoms with van der Waals surface area (Å²) < 4.78 is 13.2. The zero-order valence-electron chi connectivity index (χ0n) is 21.5.